The minimum Gasteiger partial charge on any atom is -0.481 e. The van der Waals surface area contributed by atoms with E-state index >= 15 is 0 Å². The van der Waals surface area contributed by atoms with Crippen LogP contribution in [0.1, 0.15) is 64.7 Å². The van der Waals surface area contributed by atoms with Gasteiger partial charge in [0.1, 0.15) is 0 Å². The molecular formula is C15H34N2O2. The molecule has 0 aliphatic carbocycles. The van der Waals surface area contributed by atoms with E-state index in [4.69, 9.17) is 10.8 Å². The first-order chi connectivity index (χ1) is 9.04. The Labute approximate surface area is 119 Å². The summed E-state index contributed by atoms with van der Waals surface area (Å²) in [5.41, 5.74) is 5.25. The number of hydrogen-bond donors (Lipinski definition) is 2. The third kappa shape index (κ3) is 26.8. The molecule has 4 nitrogen and oxygen atoms in total. The smallest absolute Gasteiger partial charge is 0.303 e. The molecule has 0 radical (unpaired) electrons. The lowest BCUT2D eigenvalue weighted by molar-refractivity contribution is -0.137. The van der Waals surface area contributed by atoms with Crippen molar-refractivity contribution in [1.29, 1.82) is 0 Å². The van der Waals surface area contributed by atoms with Crippen LogP contribution >= 0.6 is 0 Å². The van der Waals surface area contributed by atoms with Gasteiger partial charge in [-0.05, 0) is 40.0 Å². The summed E-state index contributed by atoms with van der Waals surface area (Å²) in [6.07, 6.45) is 9.75. The molecule has 0 fully saturated rings. The number of carbonyl (C=O) groups is 1. The summed E-state index contributed by atoms with van der Waals surface area (Å²) in [7, 11) is 4.10. The van der Waals surface area contributed by atoms with E-state index in [2.05, 4.69) is 25.9 Å². The van der Waals surface area contributed by atoms with E-state index in [-0.39, 0.29) is 0 Å². The Morgan fingerprint density at radius 2 is 1.53 bits per heavy atom. The van der Waals surface area contributed by atoms with Gasteiger partial charge in [0.05, 0.1) is 0 Å². The fraction of sp³-hybridized carbons (Fsp3) is 0.933. The van der Waals surface area contributed by atoms with E-state index in [1.54, 1.807) is 0 Å². The predicted octanol–water partition coefficient (Wildman–Crippen LogP) is 3.11. The van der Waals surface area contributed by atoms with Gasteiger partial charge in [0.2, 0.25) is 0 Å². The van der Waals surface area contributed by atoms with Crippen molar-refractivity contribution in [2.45, 2.75) is 64.7 Å². The van der Waals surface area contributed by atoms with Gasteiger partial charge < -0.3 is 15.7 Å². The van der Waals surface area contributed by atoms with Gasteiger partial charge in [0.25, 0.3) is 0 Å². The van der Waals surface area contributed by atoms with Gasteiger partial charge in [0.15, 0.2) is 0 Å². The average Bonchev–Trinajstić information content (AvgIpc) is 2.35. The van der Waals surface area contributed by atoms with Crippen molar-refractivity contribution < 1.29 is 9.90 Å². The van der Waals surface area contributed by atoms with Crippen molar-refractivity contribution in [3.8, 4) is 0 Å². The Morgan fingerprint density at radius 1 is 1.00 bits per heavy atom. The first-order valence-corrected chi connectivity index (χ1v) is 7.61. The zero-order valence-electron chi connectivity index (χ0n) is 13.2. The molecule has 0 aliphatic heterocycles. The molecule has 19 heavy (non-hydrogen) atoms. The van der Waals surface area contributed by atoms with Crippen molar-refractivity contribution in [3.05, 3.63) is 0 Å². The van der Waals surface area contributed by atoms with Crippen molar-refractivity contribution in [2.24, 2.45) is 5.73 Å². The van der Waals surface area contributed by atoms with Crippen molar-refractivity contribution in [1.82, 2.24) is 4.90 Å². The maximum absolute atomic E-state index is 10.1. The maximum atomic E-state index is 10.1. The molecule has 0 bridgehead atoms. The van der Waals surface area contributed by atoms with Crippen molar-refractivity contribution in [2.75, 3.05) is 27.2 Å². The monoisotopic (exact) mass is 274 g/mol. The molecule has 3 N–H and O–H groups in total. The highest BCUT2D eigenvalue weighted by atomic mass is 16.4. The van der Waals surface area contributed by atoms with Crippen LogP contribution in [0.25, 0.3) is 0 Å². The van der Waals surface area contributed by atoms with Crippen LogP contribution in [0, 0.1) is 0 Å². The van der Waals surface area contributed by atoms with Crippen LogP contribution in [0.15, 0.2) is 0 Å². The highest BCUT2D eigenvalue weighted by molar-refractivity contribution is 5.66. The average molecular weight is 274 g/mol. The number of nitrogens with two attached hydrogens (primary N) is 1. The second-order valence-corrected chi connectivity index (χ2v) is 5.21. The molecule has 4 heteroatoms. The first-order valence-electron chi connectivity index (χ1n) is 7.61. The highest BCUT2D eigenvalue weighted by Gasteiger charge is 1.95. The number of carboxylic acids is 1. The fourth-order valence-electron chi connectivity index (χ4n) is 1.64. The van der Waals surface area contributed by atoms with Gasteiger partial charge in [-0.1, -0.05) is 45.4 Å². The summed E-state index contributed by atoms with van der Waals surface area (Å²) >= 11 is 0. The third-order valence-corrected chi connectivity index (χ3v) is 2.80. The summed E-state index contributed by atoms with van der Waals surface area (Å²) in [6.45, 7) is 4.11. The zero-order valence-corrected chi connectivity index (χ0v) is 13.2. The van der Waals surface area contributed by atoms with Gasteiger partial charge in [-0.25, -0.2) is 0 Å². The molecule has 0 aromatic rings. The molecule has 0 amide bonds. The summed E-state index contributed by atoms with van der Waals surface area (Å²) in [4.78, 5) is 12.3. The molecule has 0 unspecified atom stereocenters. The Hall–Kier alpha value is -0.610. The van der Waals surface area contributed by atoms with Gasteiger partial charge in [-0.15, -0.1) is 0 Å². The van der Waals surface area contributed by atoms with Gasteiger partial charge in [-0.2, -0.15) is 0 Å². The van der Waals surface area contributed by atoms with E-state index in [0.29, 0.717) is 6.42 Å². The number of carboxylic acid groups (broad SMARTS) is 1. The quantitative estimate of drug-likeness (QED) is 0.568. The lowest BCUT2D eigenvalue weighted by Crippen LogP contribution is -2.16. The summed E-state index contributed by atoms with van der Waals surface area (Å²) in [5, 5.41) is 8.35. The zero-order chi connectivity index (χ0) is 14.9. The molecule has 0 spiro atoms. The van der Waals surface area contributed by atoms with E-state index in [0.717, 1.165) is 32.4 Å². The minimum absolute atomic E-state index is 0.341. The predicted molar refractivity (Wildman–Crippen MR) is 82.5 cm³/mol. The maximum Gasteiger partial charge on any atom is 0.303 e. The molecule has 0 saturated heterocycles. The van der Waals surface area contributed by atoms with E-state index in [9.17, 15) is 4.79 Å². The molecule has 0 saturated carbocycles. The topological polar surface area (TPSA) is 66.6 Å². The largest absolute Gasteiger partial charge is 0.481 e. The van der Waals surface area contributed by atoms with Crippen LogP contribution in [0.2, 0.25) is 0 Å². The highest BCUT2D eigenvalue weighted by Crippen LogP contribution is 2.07. The van der Waals surface area contributed by atoms with Crippen LogP contribution in [0.3, 0.4) is 0 Å². The van der Waals surface area contributed by atoms with E-state index in [1.165, 1.54) is 32.1 Å². The van der Waals surface area contributed by atoms with Crippen LogP contribution in [-0.2, 0) is 4.79 Å². The van der Waals surface area contributed by atoms with Crippen molar-refractivity contribution in [3.63, 3.8) is 0 Å². The van der Waals surface area contributed by atoms with Crippen LogP contribution in [0.4, 0.5) is 0 Å². The molecule has 0 rings (SSSR count). The standard InChI is InChI=1S/C10H20O2.C5H14N2/c1-2-3-4-5-6-7-8-9-10(11)12;1-7(2)5-3-4-6/h2-9H2,1H3,(H,11,12);3-6H2,1-2H3. The minimum atomic E-state index is -0.663. The van der Waals surface area contributed by atoms with Crippen LogP contribution in [0.5, 0.6) is 0 Å². The molecule has 0 aliphatic rings. The van der Waals surface area contributed by atoms with E-state index in [1.807, 2.05) is 0 Å². The second kappa shape index (κ2) is 17.4. The molecule has 0 atom stereocenters. The molecule has 116 valence electrons. The number of rotatable bonds is 11. The Kier molecular flexibility index (Phi) is 18.9. The Bertz CT molecular complexity index is 185. The first kappa shape index (κ1) is 20.7. The molecular weight excluding hydrogens is 240 g/mol. The van der Waals surface area contributed by atoms with Crippen molar-refractivity contribution >= 4 is 5.97 Å². The lowest BCUT2D eigenvalue weighted by Gasteiger charge is -2.05. The number of aliphatic carboxylic acids is 1. The second-order valence-electron chi connectivity index (χ2n) is 5.21. The molecule has 0 heterocycles. The number of nitrogens with zero attached hydrogens (tertiary/aromatic N) is 1. The van der Waals surface area contributed by atoms with Crippen LogP contribution < -0.4 is 5.73 Å². The van der Waals surface area contributed by atoms with Crippen LogP contribution in [-0.4, -0.2) is 43.2 Å². The summed E-state index contributed by atoms with van der Waals surface area (Å²) in [5.74, 6) is -0.663. The lowest BCUT2D eigenvalue weighted by atomic mass is 10.1. The summed E-state index contributed by atoms with van der Waals surface area (Å²) < 4.78 is 0. The van der Waals surface area contributed by atoms with Gasteiger partial charge in [-0.3, -0.25) is 4.79 Å². The van der Waals surface area contributed by atoms with Gasteiger partial charge in [0, 0.05) is 6.42 Å². The fourth-order valence-corrected chi connectivity index (χ4v) is 1.64. The normalized spacial score (nSPS) is 10.2. The Morgan fingerprint density at radius 3 is 1.89 bits per heavy atom. The number of unbranched alkanes of at least 4 members (excludes halogenated alkanes) is 6. The third-order valence-electron chi connectivity index (χ3n) is 2.80. The number of hydrogen-bond acceptors (Lipinski definition) is 3. The summed E-state index contributed by atoms with van der Waals surface area (Å²) in [6, 6.07) is 0. The van der Waals surface area contributed by atoms with E-state index < -0.39 is 5.97 Å². The SMILES string of the molecule is CCCCCCCCCC(=O)O.CN(C)CCCN. The van der Waals surface area contributed by atoms with Gasteiger partial charge >= 0.3 is 5.97 Å². The molecule has 0 aromatic carbocycles. The molecule has 0 aromatic heterocycles. The Balaban J connectivity index is 0.